The average Bonchev–Trinajstić information content (AvgIpc) is 3.19. The number of nitrogens with zero attached hydrogens (tertiary/aromatic N) is 1. The van der Waals surface area contributed by atoms with Crippen molar-refractivity contribution < 1.29 is 17.9 Å². The third-order valence-electron chi connectivity index (χ3n) is 3.76. The quantitative estimate of drug-likeness (QED) is 0.163. The van der Waals surface area contributed by atoms with E-state index >= 15 is 0 Å². The molecule has 2 rings (SSSR count). The van der Waals surface area contributed by atoms with Gasteiger partial charge in [-0.2, -0.15) is 0 Å². The number of nitrogens with one attached hydrogen (secondary N) is 3. The first-order chi connectivity index (χ1) is 13.2. The predicted molar refractivity (Wildman–Crippen MR) is 124 cm³/mol. The molecule has 0 radical (unpaired) electrons. The monoisotopic (exact) mass is 556 g/mol. The third-order valence-corrected chi connectivity index (χ3v) is 5.45. The molecule has 1 atom stereocenters. The lowest BCUT2D eigenvalue weighted by molar-refractivity contribution is 0.0437. The molecule has 0 bridgehead atoms. The summed E-state index contributed by atoms with van der Waals surface area (Å²) in [6.45, 7) is 4.65. The van der Waals surface area contributed by atoms with Crippen LogP contribution in [0, 0.1) is 0 Å². The Morgan fingerprint density at radius 3 is 2.62 bits per heavy atom. The van der Waals surface area contributed by atoms with Crippen molar-refractivity contribution in [2.75, 3.05) is 26.2 Å². The highest BCUT2D eigenvalue weighted by Crippen LogP contribution is 2.21. The number of guanidine groups is 1. The number of hydrogen-bond acceptors (Lipinski definition) is 5. The first-order valence-electron chi connectivity index (χ1n) is 8.78. The normalized spacial score (nSPS) is 14.0. The van der Waals surface area contributed by atoms with E-state index < -0.39 is 15.6 Å². The topological polar surface area (TPSA) is 116 Å². The number of hydrogen-bond donors (Lipinski definition) is 4. The van der Waals surface area contributed by atoms with Gasteiger partial charge in [0.2, 0.25) is 10.0 Å². The Labute approximate surface area is 193 Å². The van der Waals surface area contributed by atoms with Gasteiger partial charge < -0.3 is 20.2 Å². The molecule has 1 unspecified atom stereocenters. The van der Waals surface area contributed by atoms with Crippen molar-refractivity contribution >= 4 is 51.6 Å². The van der Waals surface area contributed by atoms with Crippen molar-refractivity contribution in [2.45, 2.75) is 24.3 Å². The van der Waals surface area contributed by atoms with Crippen LogP contribution >= 0.6 is 35.6 Å². The summed E-state index contributed by atoms with van der Waals surface area (Å²) in [6.07, 6.45) is 1.49. The molecule has 1 aromatic carbocycles. The van der Waals surface area contributed by atoms with Gasteiger partial charge in [0.25, 0.3) is 0 Å². The van der Waals surface area contributed by atoms with E-state index in [4.69, 9.17) is 16.0 Å². The van der Waals surface area contributed by atoms with Crippen LogP contribution in [-0.2, 0) is 15.6 Å². The van der Waals surface area contributed by atoms with Crippen molar-refractivity contribution in [3.8, 4) is 0 Å². The van der Waals surface area contributed by atoms with Gasteiger partial charge in [-0.25, -0.2) is 18.1 Å². The highest BCUT2D eigenvalue weighted by atomic mass is 127. The number of aliphatic hydroxyl groups is 1. The molecule has 0 saturated carbocycles. The van der Waals surface area contributed by atoms with Crippen LogP contribution in [0.25, 0.3) is 0 Å². The molecule has 8 nitrogen and oxygen atoms in total. The van der Waals surface area contributed by atoms with E-state index in [-0.39, 0.29) is 42.0 Å². The van der Waals surface area contributed by atoms with E-state index in [2.05, 4.69) is 20.3 Å². The molecule has 1 aromatic heterocycles. The summed E-state index contributed by atoms with van der Waals surface area (Å²) < 4.78 is 32.2. The summed E-state index contributed by atoms with van der Waals surface area (Å²) in [5.74, 6) is 0.873. The molecule has 0 aliphatic rings. The van der Waals surface area contributed by atoms with Crippen LogP contribution in [0.15, 0.2) is 57.0 Å². The van der Waals surface area contributed by atoms with Gasteiger partial charge in [0, 0.05) is 24.7 Å². The van der Waals surface area contributed by atoms with Crippen molar-refractivity contribution in [1.29, 1.82) is 0 Å². The molecule has 4 N–H and O–H groups in total. The van der Waals surface area contributed by atoms with Gasteiger partial charge in [-0.1, -0.05) is 17.7 Å². The highest BCUT2D eigenvalue weighted by molar-refractivity contribution is 14.0. The summed E-state index contributed by atoms with van der Waals surface area (Å²) in [5.41, 5.74) is -1.25. The van der Waals surface area contributed by atoms with Crippen LogP contribution in [0.1, 0.15) is 19.6 Å². The molecule has 0 spiro atoms. The zero-order chi connectivity index (χ0) is 20.6. The largest absolute Gasteiger partial charge is 0.466 e. The lowest BCUT2D eigenvalue weighted by atomic mass is 10.0. The van der Waals surface area contributed by atoms with Crippen LogP contribution in [0.2, 0.25) is 5.02 Å². The van der Waals surface area contributed by atoms with Crippen LogP contribution in [0.5, 0.6) is 0 Å². The maximum Gasteiger partial charge on any atom is 0.240 e. The second-order valence-electron chi connectivity index (χ2n) is 6.23. The van der Waals surface area contributed by atoms with Gasteiger partial charge in [-0.05, 0) is 44.2 Å². The fraction of sp³-hybridized carbons (Fsp3) is 0.389. The molecule has 0 aliphatic carbocycles. The fourth-order valence-corrected chi connectivity index (χ4v) is 3.65. The van der Waals surface area contributed by atoms with Crippen molar-refractivity contribution in [2.24, 2.45) is 4.99 Å². The highest BCUT2D eigenvalue weighted by Gasteiger charge is 2.26. The minimum absolute atomic E-state index is 0. The van der Waals surface area contributed by atoms with E-state index in [1.807, 2.05) is 6.92 Å². The van der Waals surface area contributed by atoms with Crippen molar-refractivity contribution in [3.63, 3.8) is 0 Å². The predicted octanol–water partition coefficient (Wildman–Crippen LogP) is 2.29. The Balaban J connectivity index is 0.00000420. The Hall–Kier alpha value is -1.34. The van der Waals surface area contributed by atoms with Crippen molar-refractivity contribution in [1.82, 2.24) is 15.4 Å². The van der Waals surface area contributed by atoms with E-state index in [9.17, 15) is 13.5 Å². The summed E-state index contributed by atoms with van der Waals surface area (Å²) >= 11 is 5.84. The van der Waals surface area contributed by atoms with Crippen LogP contribution in [0.4, 0.5) is 0 Å². The first kappa shape index (κ1) is 25.7. The standard InChI is InChI=1S/C18H25ClN4O4S.HI/c1-3-20-17(22-13-18(2,24)16-8-5-11-27-16)21-9-10-23-28(25,26)15-7-4-6-14(19)12-15;/h4-8,11-12,23-24H,3,9-10,13H2,1-2H3,(H2,20,21,22);1H. The number of halogens is 2. The molecule has 0 saturated heterocycles. The molecule has 162 valence electrons. The Morgan fingerprint density at radius 1 is 1.24 bits per heavy atom. The zero-order valence-corrected chi connectivity index (χ0v) is 20.1. The van der Waals surface area contributed by atoms with Crippen LogP contribution in [0.3, 0.4) is 0 Å². The molecule has 0 amide bonds. The minimum Gasteiger partial charge on any atom is -0.466 e. The number of sulfonamides is 1. The van der Waals surface area contributed by atoms with Gasteiger partial charge >= 0.3 is 0 Å². The second kappa shape index (κ2) is 11.7. The third kappa shape index (κ3) is 8.13. The zero-order valence-electron chi connectivity index (χ0n) is 16.2. The minimum atomic E-state index is -3.65. The summed E-state index contributed by atoms with van der Waals surface area (Å²) in [4.78, 5) is 4.44. The second-order valence-corrected chi connectivity index (χ2v) is 8.43. The van der Waals surface area contributed by atoms with Gasteiger partial charge in [0.15, 0.2) is 5.96 Å². The van der Waals surface area contributed by atoms with E-state index in [0.29, 0.717) is 29.8 Å². The number of rotatable bonds is 9. The molecule has 0 fully saturated rings. The lowest BCUT2D eigenvalue weighted by Gasteiger charge is -2.19. The van der Waals surface area contributed by atoms with Gasteiger partial charge in [0.1, 0.15) is 11.4 Å². The number of furan rings is 1. The Bertz CT molecular complexity index is 889. The summed E-state index contributed by atoms with van der Waals surface area (Å²) in [7, 11) is -3.65. The molecule has 29 heavy (non-hydrogen) atoms. The molecule has 2 aromatic rings. The summed E-state index contributed by atoms with van der Waals surface area (Å²) in [5, 5.41) is 16.9. The SMILES string of the molecule is CCNC(=NCC(C)(O)c1ccco1)NCCNS(=O)(=O)c1cccc(Cl)c1.I. The first-order valence-corrected chi connectivity index (χ1v) is 10.6. The summed E-state index contributed by atoms with van der Waals surface area (Å²) in [6, 6.07) is 9.43. The molecule has 0 aliphatic heterocycles. The van der Waals surface area contributed by atoms with Crippen LogP contribution in [-0.4, -0.2) is 45.7 Å². The Kier molecular flexibility index (Phi) is 10.4. The van der Waals surface area contributed by atoms with Gasteiger partial charge in [-0.15, -0.1) is 24.0 Å². The van der Waals surface area contributed by atoms with Crippen LogP contribution < -0.4 is 15.4 Å². The molecular weight excluding hydrogens is 531 g/mol. The smallest absolute Gasteiger partial charge is 0.240 e. The lowest BCUT2D eigenvalue weighted by Crippen LogP contribution is -2.42. The van der Waals surface area contributed by atoms with E-state index in [1.165, 1.54) is 18.4 Å². The average molecular weight is 557 g/mol. The molecule has 1 heterocycles. The maximum atomic E-state index is 12.3. The van der Waals surface area contributed by atoms with Crippen molar-refractivity contribution in [3.05, 3.63) is 53.4 Å². The van der Waals surface area contributed by atoms with Gasteiger partial charge in [-0.3, -0.25) is 0 Å². The van der Waals surface area contributed by atoms with Gasteiger partial charge in [0.05, 0.1) is 17.7 Å². The molecular formula is C18H26ClIN4O4S. The maximum absolute atomic E-state index is 12.3. The van der Waals surface area contributed by atoms with E-state index in [0.717, 1.165) is 0 Å². The number of aliphatic imine (C=N–C) groups is 1. The fourth-order valence-electron chi connectivity index (χ4n) is 2.32. The Morgan fingerprint density at radius 2 is 2.00 bits per heavy atom. The van der Waals surface area contributed by atoms with E-state index in [1.54, 1.807) is 31.2 Å². The molecule has 11 heteroatoms. The number of benzene rings is 1.